The van der Waals surface area contributed by atoms with Crippen molar-refractivity contribution in [1.29, 1.82) is 0 Å². The molecule has 2 N–H and O–H groups in total. The Balaban J connectivity index is 1.77. The number of hydrogen-bond acceptors (Lipinski definition) is 2. The number of halogens is 1. The lowest BCUT2D eigenvalue weighted by atomic mass is 10.1. The van der Waals surface area contributed by atoms with E-state index in [9.17, 15) is 4.39 Å². The summed E-state index contributed by atoms with van der Waals surface area (Å²) < 4.78 is 12.7. The molecular weight excluding hydrogens is 203 g/mol. The van der Waals surface area contributed by atoms with Crippen LogP contribution in [0.25, 0.3) is 0 Å². The van der Waals surface area contributed by atoms with Crippen molar-refractivity contribution in [2.75, 3.05) is 19.6 Å². The number of benzene rings is 1. The highest BCUT2D eigenvalue weighted by Crippen LogP contribution is 2.10. The van der Waals surface area contributed by atoms with Crippen LogP contribution >= 0.6 is 0 Å². The van der Waals surface area contributed by atoms with Crippen LogP contribution in [0.1, 0.15) is 18.4 Å². The van der Waals surface area contributed by atoms with E-state index in [1.165, 1.54) is 17.7 Å². The lowest BCUT2D eigenvalue weighted by molar-refractivity contribution is 0.215. The van der Waals surface area contributed by atoms with Gasteiger partial charge in [0.05, 0.1) is 0 Å². The monoisotopic (exact) mass is 222 g/mol. The van der Waals surface area contributed by atoms with E-state index in [2.05, 4.69) is 4.90 Å². The Hall–Kier alpha value is -0.930. The zero-order chi connectivity index (χ0) is 11.4. The minimum Gasteiger partial charge on any atom is -0.328 e. The molecular formula is C13H19FN2. The summed E-state index contributed by atoms with van der Waals surface area (Å²) in [5, 5.41) is 0. The summed E-state index contributed by atoms with van der Waals surface area (Å²) in [4.78, 5) is 2.44. The van der Waals surface area contributed by atoms with Crippen LogP contribution in [0, 0.1) is 5.82 Å². The minimum absolute atomic E-state index is 0.160. The predicted octanol–water partition coefficient (Wildman–Crippen LogP) is 1.79. The SMILES string of the molecule is NC1CCN(CCc2ccc(F)cc2)CC1. The van der Waals surface area contributed by atoms with Gasteiger partial charge in [0.25, 0.3) is 0 Å². The molecule has 88 valence electrons. The van der Waals surface area contributed by atoms with Crippen molar-refractivity contribution in [2.24, 2.45) is 5.73 Å². The molecule has 0 aliphatic carbocycles. The molecule has 3 heteroatoms. The summed E-state index contributed by atoms with van der Waals surface area (Å²) in [5.74, 6) is -0.160. The topological polar surface area (TPSA) is 29.3 Å². The van der Waals surface area contributed by atoms with Gasteiger partial charge < -0.3 is 10.6 Å². The summed E-state index contributed by atoms with van der Waals surface area (Å²) in [6.45, 7) is 3.25. The van der Waals surface area contributed by atoms with Gasteiger partial charge in [-0.15, -0.1) is 0 Å². The van der Waals surface area contributed by atoms with E-state index in [-0.39, 0.29) is 5.82 Å². The molecule has 1 aliphatic rings. The van der Waals surface area contributed by atoms with Crippen LogP contribution < -0.4 is 5.73 Å². The summed E-state index contributed by atoms with van der Waals surface area (Å²) in [5.41, 5.74) is 7.06. The molecule has 0 amide bonds. The van der Waals surface area contributed by atoms with Crippen molar-refractivity contribution < 1.29 is 4.39 Å². The maximum atomic E-state index is 12.7. The van der Waals surface area contributed by atoms with E-state index in [4.69, 9.17) is 5.73 Å². The summed E-state index contributed by atoms with van der Waals surface area (Å²) in [7, 11) is 0. The number of piperidine rings is 1. The van der Waals surface area contributed by atoms with Gasteiger partial charge in [0.1, 0.15) is 5.82 Å². The van der Waals surface area contributed by atoms with E-state index >= 15 is 0 Å². The molecule has 1 heterocycles. The van der Waals surface area contributed by atoms with Gasteiger partial charge in [-0.25, -0.2) is 4.39 Å². The highest BCUT2D eigenvalue weighted by Gasteiger charge is 2.15. The molecule has 1 aromatic rings. The minimum atomic E-state index is -0.160. The first kappa shape index (κ1) is 11.6. The molecule has 0 aromatic heterocycles. The van der Waals surface area contributed by atoms with Gasteiger partial charge in [0.2, 0.25) is 0 Å². The third-order valence-electron chi connectivity index (χ3n) is 3.26. The Bertz CT molecular complexity index is 315. The third-order valence-corrected chi connectivity index (χ3v) is 3.26. The predicted molar refractivity (Wildman–Crippen MR) is 63.8 cm³/mol. The van der Waals surface area contributed by atoms with Crippen LogP contribution in [-0.4, -0.2) is 30.6 Å². The molecule has 16 heavy (non-hydrogen) atoms. The standard InChI is InChI=1S/C13H19FN2/c14-12-3-1-11(2-4-12)5-8-16-9-6-13(15)7-10-16/h1-4,13H,5-10,15H2. The van der Waals surface area contributed by atoms with Crippen molar-refractivity contribution in [1.82, 2.24) is 4.90 Å². The van der Waals surface area contributed by atoms with Crippen LogP contribution in [0.15, 0.2) is 24.3 Å². The summed E-state index contributed by atoms with van der Waals surface area (Å²) >= 11 is 0. The number of rotatable bonds is 3. The average Bonchev–Trinajstić information content (AvgIpc) is 2.30. The summed E-state index contributed by atoms with van der Waals surface area (Å²) in [6, 6.07) is 7.18. The van der Waals surface area contributed by atoms with Crippen LogP contribution in [0.3, 0.4) is 0 Å². The Morgan fingerprint density at radius 1 is 1.19 bits per heavy atom. The second-order valence-corrected chi connectivity index (χ2v) is 4.56. The van der Waals surface area contributed by atoms with Gasteiger partial charge in [-0.1, -0.05) is 12.1 Å². The van der Waals surface area contributed by atoms with Crippen molar-refractivity contribution in [3.05, 3.63) is 35.6 Å². The van der Waals surface area contributed by atoms with E-state index in [1.807, 2.05) is 12.1 Å². The quantitative estimate of drug-likeness (QED) is 0.845. The van der Waals surface area contributed by atoms with E-state index in [0.717, 1.165) is 38.9 Å². The van der Waals surface area contributed by atoms with Gasteiger partial charge in [0, 0.05) is 12.6 Å². The third kappa shape index (κ3) is 3.29. The Morgan fingerprint density at radius 2 is 1.81 bits per heavy atom. The maximum Gasteiger partial charge on any atom is 0.123 e. The molecule has 1 fully saturated rings. The molecule has 0 spiro atoms. The van der Waals surface area contributed by atoms with Crippen molar-refractivity contribution in [2.45, 2.75) is 25.3 Å². The molecule has 1 aromatic carbocycles. The van der Waals surface area contributed by atoms with Crippen molar-refractivity contribution in [3.8, 4) is 0 Å². The zero-order valence-corrected chi connectivity index (χ0v) is 9.53. The normalized spacial score (nSPS) is 18.9. The molecule has 0 saturated carbocycles. The van der Waals surface area contributed by atoms with Gasteiger partial charge >= 0.3 is 0 Å². The first-order valence-electron chi connectivity index (χ1n) is 5.96. The lowest BCUT2D eigenvalue weighted by Gasteiger charge is -2.29. The smallest absolute Gasteiger partial charge is 0.123 e. The van der Waals surface area contributed by atoms with Gasteiger partial charge in [-0.3, -0.25) is 0 Å². The molecule has 0 unspecified atom stereocenters. The second kappa shape index (κ2) is 5.41. The Morgan fingerprint density at radius 3 is 2.44 bits per heavy atom. The highest BCUT2D eigenvalue weighted by molar-refractivity contribution is 5.16. The largest absolute Gasteiger partial charge is 0.328 e. The van der Waals surface area contributed by atoms with Crippen LogP contribution in [-0.2, 0) is 6.42 Å². The molecule has 2 rings (SSSR count). The molecule has 1 aliphatic heterocycles. The highest BCUT2D eigenvalue weighted by atomic mass is 19.1. The molecule has 2 nitrogen and oxygen atoms in total. The number of nitrogens with zero attached hydrogens (tertiary/aromatic N) is 1. The molecule has 0 atom stereocenters. The van der Waals surface area contributed by atoms with Crippen LogP contribution in [0.5, 0.6) is 0 Å². The van der Waals surface area contributed by atoms with E-state index in [1.54, 1.807) is 0 Å². The Kier molecular flexibility index (Phi) is 3.91. The first-order chi connectivity index (χ1) is 7.74. The van der Waals surface area contributed by atoms with Crippen molar-refractivity contribution in [3.63, 3.8) is 0 Å². The average molecular weight is 222 g/mol. The lowest BCUT2D eigenvalue weighted by Crippen LogP contribution is -2.40. The number of nitrogens with two attached hydrogens (primary N) is 1. The van der Waals surface area contributed by atoms with Crippen molar-refractivity contribution >= 4 is 0 Å². The first-order valence-corrected chi connectivity index (χ1v) is 5.96. The maximum absolute atomic E-state index is 12.7. The number of likely N-dealkylation sites (tertiary alicyclic amines) is 1. The Labute approximate surface area is 96.2 Å². The molecule has 0 radical (unpaired) electrons. The van der Waals surface area contributed by atoms with E-state index < -0.39 is 0 Å². The van der Waals surface area contributed by atoms with Crippen LogP contribution in [0.2, 0.25) is 0 Å². The molecule has 0 bridgehead atoms. The van der Waals surface area contributed by atoms with Gasteiger partial charge in [-0.05, 0) is 50.0 Å². The van der Waals surface area contributed by atoms with Gasteiger partial charge in [0.15, 0.2) is 0 Å². The van der Waals surface area contributed by atoms with Gasteiger partial charge in [-0.2, -0.15) is 0 Å². The fraction of sp³-hybridized carbons (Fsp3) is 0.538. The zero-order valence-electron chi connectivity index (χ0n) is 9.53. The molecule has 1 saturated heterocycles. The van der Waals surface area contributed by atoms with Crippen LogP contribution in [0.4, 0.5) is 4.39 Å². The fourth-order valence-electron chi connectivity index (χ4n) is 2.11. The number of hydrogen-bond donors (Lipinski definition) is 1. The second-order valence-electron chi connectivity index (χ2n) is 4.56. The van der Waals surface area contributed by atoms with E-state index in [0.29, 0.717) is 6.04 Å². The summed E-state index contributed by atoms with van der Waals surface area (Å²) in [6.07, 6.45) is 3.20. The fourth-order valence-corrected chi connectivity index (χ4v) is 2.11.